The molecule has 0 amide bonds. The number of piperidine rings is 1. The summed E-state index contributed by atoms with van der Waals surface area (Å²) in [5.41, 5.74) is 0. The van der Waals surface area contributed by atoms with Crippen LogP contribution in [0.5, 0.6) is 0 Å². The molecule has 1 aromatic rings. The van der Waals surface area contributed by atoms with Crippen molar-refractivity contribution in [1.29, 1.82) is 0 Å². The maximum atomic E-state index is 5.71. The van der Waals surface area contributed by atoms with E-state index in [2.05, 4.69) is 27.3 Å². The van der Waals surface area contributed by atoms with E-state index in [9.17, 15) is 0 Å². The van der Waals surface area contributed by atoms with E-state index in [0.717, 1.165) is 19.0 Å². The summed E-state index contributed by atoms with van der Waals surface area (Å²) in [6.45, 7) is 6.34. The monoisotopic (exact) mass is 238 g/mol. The summed E-state index contributed by atoms with van der Waals surface area (Å²) in [6.07, 6.45) is 3.77. The maximum absolute atomic E-state index is 5.71. The molecule has 1 aliphatic rings. The predicted molar refractivity (Wildman–Crippen MR) is 67.0 cm³/mol. The van der Waals surface area contributed by atoms with E-state index in [1.807, 2.05) is 14.0 Å². The van der Waals surface area contributed by atoms with Crippen molar-refractivity contribution in [3.8, 4) is 0 Å². The third-order valence-electron chi connectivity index (χ3n) is 3.60. The summed E-state index contributed by atoms with van der Waals surface area (Å²) in [5.74, 6) is 1.43. The van der Waals surface area contributed by atoms with Gasteiger partial charge >= 0.3 is 6.01 Å². The Balaban J connectivity index is 2.04. The molecule has 1 N–H and O–H groups in total. The third kappa shape index (κ3) is 2.77. The van der Waals surface area contributed by atoms with Gasteiger partial charge in [0, 0.05) is 13.1 Å². The van der Waals surface area contributed by atoms with Gasteiger partial charge in [-0.15, -0.1) is 5.10 Å². The van der Waals surface area contributed by atoms with Crippen molar-refractivity contribution < 1.29 is 4.42 Å². The topological polar surface area (TPSA) is 54.2 Å². The molecule has 2 atom stereocenters. The summed E-state index contributed by atoms with van der Waals surface area (Å²) in [5, 5.41) is 11.3. The zero-order valence-corrected chi connectivity index (χ0v) is 10.9. The minimum atomic E-state index is 0.114. The van der Waals surface area contributed by atoms with Crippen LogP contribution in [0.15, 0.2) is 4.42 Å². The van der Waals surface area contributed by atoms with Crippen LogP contribution in [-0.2, 0) is 0 Å². The standard InChI is InChI=1S/C12H22N4O/c1-4-10-6-5-7-16(8-10)12-15-14-11(17-12)9(2)13-3/h9-10,13H,4-8H2,1-3H3. The second-order valence-electron chi connectivity index (χ2n) is 4.80. The van der Waals surface area contributed by atoms with Crippen molar-refractivity contribution in [2.24, 2.45) is 5.92 Å². The molecular formula is C12H22N4O. The molecule has 0 saturated carbocycles. The van der Waals surface area contributed by atoms with Gasteiger partial charge in [0.15, 0.2) is 0 Å². The average Bonchev–Trinajstić information content (AvgIpc) is 2.87. The molecule has 2 unspecified atom stereocenters. The lowest BCUT2D eigenvalue weighted by molar-refractivity contribution is 0.371. The lowest BCUT2D eigenvalue weighted by Crippen LogP contribution is -2.35. The fourth-order valence-electron chi connectivity index (χ4n) is 2.22. The first-order valence-electron chi connectivity index (χ1n) is 6.50. The molecule has 0 radical (unpaired) electrons. The van der Waals surface area contributed by atoms with E-state index in [-0.39, 0.29) is 6.04 Å². The molecule has 1 fully saturated rings. The van der Waals surface area contributed by atoms with Crippen LogP contribution in [0.25, 0.3) is 0 Å². The van der Waals surface area contributed by atoms with Gasteiger partial charge in [0.05, 0.1) is 6.04 Å². The fourth-order valence-corrected chi connectivity index (χ4v) is 2.22. The molecule has 1 aromatic heterocycles. The van der Waals surface area contributed by atoms with Crippen LogP contribution in [0.1, 0.15) is 45.0 Å². The Hall–Kier alpha value is -1.10. The molecule has 0 aromatic carbocycles. The smallest absolute Gasteiger partial charge is 0.318 e. The molecule has 2 rings (SSSR count). The molecule has 2 heterocycles. The van der Waals surface area contributed by atoms with Crippen molar-refractivity contribution >= 4 is 6.01 Å². The van der Waals surface area contributed by atoms with E-state index in [1.54, 1.807) is 0 Å². The Morgan fingerprint density at radius 1 is 1.53 bits per heavy atom. The lowest BCUT2D eigenvalue weighted by atomic mass is 9.96. The number of hydrogen-bond donors (Lipinski definition) is 1. The average molecular weight is 238 g/mol. The van der Waals surface area contributed by atoms with Gasteiger partial charge in [-0.2, -0.15) is 0 Å². The molecule has 1 saturated heterocycles. The lowest BCUT2D eigenvalue weighted by Gasteiger charge is -2.30. The Kier molecular flexibility index (Phi) is 3.99. The Labute approximate surface area is 103 Å². The zero-order chi connectivity index (χ0) is 12.3. The van der Waals surface area contributed by atoms with Gasteiger partial charge in [-0.1, -0.05) is 18.4 Å². The van der Waals surface area contributed by atoms with E-state index in [4.69, 9.17) is 4.42 Å². The van der Waals surface area contributed by atoms with Crippen LogP contribution in [0.2, 0.25) is 0 Å². The van der Waals surface area contributed by atoms with Crippen molar-refractivity contribution in [3.05, 3.63) is 5.89 Å². The van der Waals surface area contributed by atoms with Crippen molar-refractivity contribution in [2.45, 2.75) is 39.2 Å². The highest BCUT2D eigenvalue weighted by atomic mass is 16.4. The normalized spacial score (nSPS) is 22.8. The molecule has 5 nitrogen and oxygen atoms in total. The number of rotatable bonds is 4. The highest BCUT2D eigenvalue weighted by molar-refractivity contribution is 5.25. The molecule has 17 heavy (non-hydrogen) atoms. The molecule has 1 aliphatic heterocycles. The summed E-state index contributed by atoms with van der Waals surface area (Å²) in [4.78, 5) is 2.22. The second kappa shape index (κ2) is 5.49. The minimum absolute atomic E-state index is 0.114. The summed E-state index contributed by atoms with van der Waals surface area (Å²) in [6, 6.07) is 0.795. The number of nitrogens with one attached hydrogen (secondary N) is 1. The summed E-state index contributed by atoms with van der Waals surface area (Å²) in [7, 11) is 1.89. The number of aromatic nitrogens is 2. The van der Waals surface area contributed by atoms with Gasteiger partial charge < -0.3 is 14.6 Å². The number of nitrogens with zero attached hydrogens (tertiary/aromatic N) is 3. The van der Waals surface area contributed by atoms with Crippen molar-refractivity contribution in [1.82, 2.24) is 15.5 Å². The molecule has 0 aliphatic carbocycles. The van der Waals surface area contributed by atoms with Gasteiger partial charge in [0.2, 0.25) is 5.89 Å². The zero-order valence-electron chi connectivity index (χ0n) is 10.9. The van der Waals surface area contributed by atoms with E-state index >= 15 is 0 Å². The molecule has 96 valence electrons. The number of hydrogen-bond acceptors (Lipinski definition) is 5. The first-order chi connectivity index (χ1) is 8.24. The van der Waals surface area contributed by atoms with E-state index < -0.39 is 0 Å². The third-order valence-corrected chi connectivity index (χ3v) is 3.60. The molecule has 5 heteroatoms. The minimum Gasteiger partial charge on any atom is -0.406 e. The second-order valence-corrected chi connectivity index (χ2v) is 4.80. The van der Waals surface area contributed by atoms with Gasteiger partial charge in [0.25, 0.3) is 0 Å². The van der Waals surface area contributed by atoms with Gasteiger partial charge in [-0.25, -0.2) is 0 Å². The van der Waals surface area contributed by atoms with Crippen molar-refractivity contribution in [3.63, 3.8) is 0 Å². The van der Waals surface area contributed by atoms with E-state index in [0.29, 0.717) is 11.9 Å². The Morgan fingerprint density at radius 2 is 2.35 bits per heavy atom. The Morgan fingerprint density at radius 3 is 3.06 bits per heavy atom. The fraction of sp³-hybridized carbons (Fsp3) is 0.833. The highest BCUT2D eigenvalue weighted by Crippen LogP contribution is 2.24. The molecular weight excluding hydrogens is 216 g/mol. The van der Waals surface area contributed by atoms with Crippen LogP contribution in [-0.4, -0.2) is 30.3 Å². The van der Waals surface area contributed by atoms with Crippen LogP contribution < -0.4 is 10.2 Å². The van der Waals surface area contributed by atoms with Crippen LogP contribution >= 0.6 is 0 Å². The maximum Gasteiger partial charge on any atom is 0.318 e. The highest BCUT2D eigenvalue weighted by Gasteiger charge is 2.23. The van der Waals surface area contributed by atoms with Gasteiger partial charge in [-0.05, 0) is 32.7 Å². The predicted octanol–water partition coefficient (Wildman–Crippen LogP) is 1.98. The molecule has 0 spiro atoms. The Bertz CT molecular complexity index is 352. The summed E-state index contributed by atoms with van der Waals surface area (Å²) >= 11 is 0. The number of anilines is 1. The van der Waals surface area contributed by atoms with Crippen LogP contribution in [0.3, 0.4) is 0 Å². The van der Waals surface area contributed by atoms with Gasteiger partial charge in [0.1, 0.15) is 0 Å². The summed E-state index contributed by atoms with van der Waals surface area (Å²) < 4.78 is 5.71. The first-order valence-corrected chi connectivity index (χ1v) is 6.50. The van der Waals surface area contributed by atoms with Crippen molar-refractivity contribution in [2.75, 3.05) is 25.0 Å². The van der Waals surface area contributed by atoms with Crippen LogP contribution in [0.4, 0.5) is 6.01 Å². The van der Waals surface area contributed by atoms with Crippen LogP contribution in [0, 0.1) is 5.92 Å². The SMILES string of the molecule is CCC1CCCN(c2nnc(C(C)NC)o2)C1. The first kappa shape index (κ1) is 12.4. The van der Waals surface area contributed by atoms with Gasteiger partial charge in [-0.3, -0.25) is 0 Å². The largest absolute Gasteiger partial charge is 0.406 e. The quantitative estimate of drug-likeness (QED) is 0.869. The molecule has 0 bridgehead atoms. The van der Waals surface area contributed by atoms with E-state index in [1.165, 1.54) is 19.3 Å².